The molecule has 0 saturated carbocycles. The van der Waals surface area contributed by atoms with Gasteiger partial charge in [0, 0.05) is 155 Å². The van der Waals surface area contributed by atoms with E-state index in [4.69, 9.17) is 9.47 Å². The number of phenolic OH excluding ortho intramolecular Hbond substituents is 1. The van der Waals surface area contributed by atoms with Crippen molar-refractivity contribution >= 4 is 63.3 Å². The Labute approximate surface area is 662 Å². The van der Waals surface area contributed by atoms with Gasteiger partial charge in [0.15, 0.2) is 0 Å². The van der Waals surface area contributed by atoms with Crippen LogP contribution in [0.25, 0.3) is 72.8 Å². The van der Waals surface area contributed by atoms with Crippen LogP contribution in [0.15, 0.2) is 258 Å². The van der Waals surface area contributed by atoms with E-state index in [0.29, 0.717) is 40.7 Å². The molecule has 0 saturated heterocycles. The Bertz CT molecular complexity index is 5450. The number of halogens is 2. The van der Waals surface area contributed by atoms with E-state index in [2.05, 4.69) is 98.8 Å². The van der Waals surface area contributed by atoms with Gasteiger partial charge in [0.1, 0.15) is 28.9 Å². The molecule has 14 rings (SSSR count). The van der Waals surface area contributed by atoms with Crippen LogP contribution < -0.4 is 25.2 Å². The lowest BCUT2D eigenvalue weighted by Gasteiger charge is -2.16. The molecule has 0 aliphatic carbocycles. The maximum absolute atomic E-state index is 12.8. The van der Waals surface area contributed by atoms with Gasteiger partial charge in [-0.1, -0.05) is 89.6 Å². The summed E-state index contributed by atoms with van der Waals surface area (Å²) in [6.07, 6.45) is 17.5. The van der Waals surface area contributed by atoms with E-state index in [1.807, 2.05) is 150 Å². The number of ether oxygens (including phenoxy) is 2. The molecule has 0 aliphatic rings. The number of hydrazone groups is 2. The highest BCUT2D eigenvalue weighted by atomic mass is 79.9. The van der Waals surface area contributed by atoms with Crippen LogP contribution in [-0.2, 0) is 6.42 Å². The summed E-state index contributed by atoms with van der Waals surface area (Å²) < 4.78 is 26.1. The van der Waals surface area contributed by atoms with Gasteiger partial charge in [-0.05, 0) is 164 Å². The molecule has 6 aromatic heterocycles. The number of hydrogen-bond acceptors (Lipinski definition) is 25. The fourth-order valence-corrected chi connectivity index (χ4v) is 11.1. The Morgan fingerprint density at radius 2 is 0.956 bits per heavy atom. The molecule has 574 valence electrons. The van der Waals surface area contributed by atoms with Gasteiger partial charge in [0.2, 0.25) is 17.8 Å². The Balaban J connectivity index is 0.000000152. The van der Waals surface area contributed by atoms with E-state index in [-0.39, 0.29) is 28.6 Å². The lowest BCUT2D eigenvalue weighted by atomic mass is 9.95. The lowest BCUT2D eigenvalue weighted by molar-refractivity contribution is -0.385. The lowest BCUT2D eigenvalue weighted by Crippen LogP contribution is -2.12. The summed E-state index contributed by atoms with van der Waals surface area (Å²) in [6.45, 7) is 9.72. The van der Waals surface area contributed by atoms with Gasteiger partial charge in [0.25, 0.3) is 23.0 Å². The molecule has 3 N–H and O–H groups in total. The molecule has 0 atom stereocenters. The molecule has 8 aromatic carbocycles. The summed E-state index contributed by atoms with van der Waals surface area (Å²) in [4.78, 5) is 75.5. The van der Waals surface area contributed by atoms with Crippen LogP contribution in [0, 0.1) is 63.9 Å². The number of nitrogens with zero attached hydrogens (tertiary/aromatic N) is 18. The van der Waals surface area contributed by atoms with Gasteiger partial charge in [-0.15, -0.1) is 0 Å². The Kier molecular flexibility index (Phi) is 28.3. The quantitative estimate of drug-likeness (QED) is 0.0362. The molecule has 0 bridgehead atoms. The Morgan fingerprint density at radius 3 is 1.37 bits per heavy atom. The molecule has 31 heteroatoms. The third-order valence-electron chi connectivity index (χ3n) is 16.6. The number of anilines is 3. The minimum atomic E-state index is -0.452. The number of nitro groups is 3. The summed E-state index contributed by atoms with van der Waals surface area (Å²) in [7, 11) is 7.10. The number of non-ortho nitro benzene ring substituents is 3. The summed E-state index contributed by atoms with van der Waals surface area (Å²) in [5.41, 5.74) is 21.1. The number of aromatic hydroxyl groups is 1. The first kappa shape index (κ1) is 81.6. The number of rotatable bonds is 20. The number of aryl methyl sites for hydroxylation is 5. The first-order valence-electron chi connectivity index (χ1n) is 34.8. The van der Waals surface area contributed by atoms with Gasteiger partial charge < -0.3 is 19.5 Å². The third-order valence-corrected chi connectivity index (χ3v) is 17.2. The van der Waals surface area contributed by atoms with Crippen molar-refractivity contribution < 1.29 is 33.7 Å². The van der Waals surface area contributed by atoms with Crippen LogP contribution in [0.4, 0.5) is 39.3 Å². The number of benzene rings is 8. The van der Waals surface area contributed by atoms with Crippen LogP contribution in [0.2, 0.25) is 0 Å². The van der Waals surface area contributed by atoms with E-state index in [1.54, 1.807) is 117 Å². The van der Waals surface area contributed by atoms with Crippen LogP contribution in [-0.4, -0.2) is 120 Å². The zero-order valence-electron chi connectivity index (χ0n) is 63.0. The van der Waals surface area contributed by atoms with Crippen LogP contribution in [0.3, 0.4) is 0 Å². The Hall–Kier alpha value is -14.9. The number of aromatic nitrogens is 12. The zero-order chi connectivity index (χ0) is 81.2. The molecule has 0 fully saturated rings. The van der Waals surface area contributed by atoms with Crippen molar-refractivity contribution in [2.75, 3.05) is 44.1 Å². The second-order valence-corrected chi connectivity index (χ2v) is 25.7. The molecule has 0 unspecified atom stereocenters. The van der Waals surface area contributed by atoms with Gasteiger partial charge in [-0.2, -0.15) is 15.3 Å². The summed E-state index contributed by atoms with van der Waals surface area (Å²) in [5, 5.41) is 55.0. The molecule has 29 nitrogen and oxygen atoms in total. The predicted octanol–water partition coefficient (Wildman–Crippen LogP) is 17.7. The monoisotopic (exact) mass is 1590 g/mol. The van der Waals surface area contributed by atoms with Crippen molar-refractivity contribution in [3.8, 4) is 90.1 Å². The van der Waals surface area contributed by atoms with E-state index in [0.717, 1.165) is 112 Å². The van der Waals surface area contributed by atoms with Gasteiger partial charge in [-0.25, -0.2) is 69.8 Å². The van der Waals surface area contributed by atoms with Crippen molar-refractivity contribution in [2.45, 2.75) is 41.0 Å². The molecular formula is C83H74BrFN20O9. The molecule has 114 heavy (non-hydrogen) atoms. The second kappa shape index (κ2) is 39.5. The van der Waals surface area contributed by atoms with E-state index in [1.165, 1.54) is 54.7 Å². The first-order chi connectivity index (χ1) is 55.0. The minimum Gasteiger partial charge on any atom is -0.507 e. The summed E-state index contributed by atoms with van der Waals surface area (Å²) in [6, 6.07) is 55.6. The largest absolute Gasteiger partial charge is 0.507 e. The summed E-state index contributed by atoms with van der Waals surface area (Å²) >= 11 is 3.37. The normalized spacial score (nSPS) is 10.6. The van der Waals surface area contributed by atoms with Crippen molar-refractivity contribution in [2.24, 2.45) is 10.2 Å². The number of phenols is 1. The highest BCUT2D eigenvalue weighted by Crippen LogP contribution is 2.41. The third kappa shape index (κ3) is 22.6. The van der Waals surface area contributed by atoms with Crippen LogP contribution >= 0.6 is 15.9 Å². The topological polar surface area (TPSA) is 367 Å². The minimum absolute atomic E-state index is 0.0260. The SMILES string of the molecule is CCc1cc(-c2nc(C)nc(C)c2-c2ccc(OC)cc2)c(O)cc1OC.CN(C)c1ncc(-c2ccccc2)cn1.Cc1cc(C)n(-c2ncc(-c3ccc([N+](=O)[O-])cc3)cn2)n1.O=[N+]([O-])c1ccc(-c2cnc(N/N=C/c3ccc(Br)cc3)nc2)cc1.O=[N+]([O-])c1ccc(-c2cnc(N/N=C/c3ccc(F)cc3)nc2)cc1. The number of hydrogen-bond donors (Lipinski definition) is 3. The van der Waals surface area contributed by atoms with E-state index < -0.39 is 14.8 Å². The summed E-state index contributed by atoms with van der Waals surface area (Å²) in [5.74, 6) is 3.83. The molecule has 0 radical (unpaired) electrons. The van der Waals surface area contributed by atoms with Crippen LogP contribution in [0.1, 0.15) is 46.5 Å². The van der Waals surface area contributed by atoms with Crippen molar-refractivity contribution in [1.82, 2.24) is 59.6 Å². The maximum Gasteiger partial charge on any atom is 0.269 e. The van der Waals surface area contributed by atoms with E-state index >= 15 is 0 Å². The average Bonchev–Trinajstić information content (AvgIpc) is 0.933. The number of nitro benzene ring substituents is 3. The highest BCUT2D eigenvalue weighted by Gasteiger charge is 2.20. The predicted molar refractivity (Wildman–Crippen MR) is 440 cm³/mol. The smallest absolute Gasteiger partial charge is 0.269 e. The van der Waals surface area contributed by atoms with Gasteiger partial charge >= 0.3 is 0 Å². The molecule has 6 heterocycles. The molecule has 0 aliphatic heterocycles. The zero-order valence-corrected chi connectivity index (χ0v) is 64.6. The molecule has 14 aromatic rings. The van der Waals surface area contributed by atoms with Crippen molar-refractivity contribution in [3.63, 3.8) is 0 Å². The van der Waals surface area contributed by atoms with E-state index in [9.17, 15) is 39.8 Å². The van der Waals surface area contributed by atoms with Crippen LogP contribution in [0.5, 0.6) is 17.2 Å². The second-order valence-electron chi connectivity index (χ2n) is 24.8. The fraction of sp³-hybridized carbons (Fsp3) is 0.120. The molecule has 0 amide bonds. The van der Waals surface area contributed by atoms with Crippen molar-refractivity contribution in [1.29, 1.82) is 0 Å². The molecular weight excluding hydrogens is 1520 g/mol. The maximum atomic E-state index is 12.8. The fourth-order valence-electron chi connectivity index (χ4n) is 10.8. The number of nitrogens with one attached hydrogen (secondary N) is 2. The van der Waals surface area contributed by atoms with Crippen molar-refractivity contribution in [3.05, 3.63) is 324 Å². The Morgan fingerprint density at radius 1 is 0.526 bits per heavy atom. The standard InChI is InChI=1S/C22H24N2O3.C17H12BrN5O2.C17H12FN5O2.C15H13N5O2.C12H13N3/c1-6-15-11-18(19(25)12-20(15)27-5)22-21(13(2)23-14(3)24-22)16-7-9-17(26-4)10-8-16;2*18-15-5-1-12(2-6-15)9-21-22-17-19-10-14(11-20-17)13-3-7-16(8-4-13)23(24)25;1-10-7-11(2)19(18-10)15-16-8-13(9-17-15)12-3-5-14(6-4-12)20(21)22;1-15(2)12-13-8-11(9-14-12)10-6-4-3-5-7-10/h7-12,25H,6H2,1-5H3;2*1-11H,(H,19,20,22);3-9H,1-2H3;3-9H,1-2H3/b;2*21-9+;;. The average molecular weight is 1590 g/mol. The highest BCUT2D eigenvalue weighted by molar-refractivity contribution is 9.10. The first-order valence-corrected chi connectivity index (χ1v) is 35.6. The van der Waals surface area contributed by atoms with Gasteiger partial charge in [0.05, 0.1) is 52.8 Å². The van der Waals surface area contributed by atoms with Gasteiger partial charge in [-0.3, -0.25) is 30.3 Å². The molecule has 0 spiro atoms. The number of methoxy groups -OCH3 is 2.